The molecule has 20 heavy (non-hydrogen) atoms. The SMILES string of the molecule is COc1cc(C(=O)Nc2cnc(Cl)c(C)c2)ccc1F. The Bertz CT molecular complexity index is 662. The second-order valence-corrected chi connectivity index (χ2v) is 4.49. The lowest BCUT2D eigenvalue weighted by Gasteiger charge is -2.08. The molecule has 0 aliphatic rings. The van der Waals surface area contributed by atoms with Crippen molar-refractivity contribution in [2.45, 2.75) is 6.92 Å². The van der Waals surface area contributed by atoms with E-state index in [0.717, 1.165) is 5.56 Å². The van der Waals surface area contributed by atoms with Crippen LogP contribution in [0.25, 0.3) is 0 Å². The van der Waals surface area contributed by atoms with Crippen LogP contribution >= 0.6 is 11.6 Å². The normalized spacial score (nSPS) is 10.2. The first-order valence-electron chi connectivity index (χ1n) is 5.78. The van der Waals surface area contributed by atoms with Crippen LogP contribution in [-0.4, -0.2) is 18.0 Å². The maximum atomic E-state index is 13.3. The Hall–Kier alpha value is -2.14. The lowest BCUT2D eigenvalue weighted by Crippen LogP contribution is -2.12. The van der Waals surface area contributed by atoms with Gasteiger partial charge < -0.3 is 10.1 Å². The van der Waals surface area contributed by atoms with Gasteiger partial charge in [0.1, 0.15) is 5.15 Å². The Labute approximate surface area is 120 Å². The number of hydrogen-bond acceptors (Lipinski definition) is 3. The quantitative estimate of drug-likeness (QED) is 0.882. The number of carbonyl (C=O) groups excluding carboxylic acids is 1. The highest BCUT2D eigenvalue weighted by Crippen LogP contribution is 2.20. The Balaban J connectivity index is 2.21. The number of nitrogens with zero attached hydrogens (tertiary/aromatic N) is 1. The summed E-state index contributed by atoms with van der Waals surface area (Å²) in [5, 5.41) is 3.04. The van der Waals surface area contributed by atoms with E-state index in [-0.39, 0.29) is 17.2 Å². The molecule has 6 heteroatoms. The molecule has 1 N–H and O–H groups in total. The van der Waals surface area contributed by atoms with Crippen molar-refractivity contribution in [3.05, 3.63) is 52.6 Å². The third-order valence-corrected chi connectivity index (χ3v) is 3.08. The molecule has 0 saturated heterocycles. The maximum Gasteiger partial charge on any atom is 0.255 e. The van der Waals surface area contributed by atoms with Gasteiger partial charge in [-0.2, -0.15) is 0 Å². The number of carbonyl (C=O) groups is 1. The van der Waals surface area contributed by atoms with Crippen LogP contribution in [0.3, 0.4) is 0 Å². The number of ether oxygens (including phenoxy) is 1. The molecule has 0 aliphatic heterocycles. The van der Waals surface area contributed by atoms with Crippen molar-refractivity contribution in [3.63, 3.8) is 0 Å². The molecule has 0 aliphatic carbocycles. The number of hydrogen-bond donors (Lipinski definition) is 1. The molecular weight excluding hydrogens is 283 g/mol. The molecular formula is C14H12ClFN2O2. The zero-order chi connectivity index (χ0) is 14.7. The number of benzene rings is 1. The Morgan fingerprint density at radius 2 is 2.15 bits per heavy atom. The first-order valence-corrected chi connectivity index (χ1v) is 6.16. The summed E-state index contributed by atoms with van der Waals surface area (Å²) in [6.45, 7) is 1.78. The molecule has 0 radical (unpaired) electrons. The second-order valence-electron chi connectivity index (χ2n) is 4.14. The number of nitrogens with one attached hydrogen (secondary N) is 1. The molecule has 4 nitrogen and oxygen atoms in total. The first kappa shape index (κ1) is 14.3. The van der Waals surface area contributed by atoms with E-state index in [2.05, 4.69) is 10.3 Å². The van der Waals surface area contributed by atoms with Crippen LogP contribution in [0, 0.1) is 12.7 Å². The van der Waals surface area contributed by atoms with Gasteiger partial charge in [0.15, 0.2) is 11.6 Å². The van der Waals surface area contributed by atoms with Crippen LogP contribution in [0.2, 0.25) is 5.15 Å². The monoisotopic (exact) mass is 294 g/mol. The topological polar surface area (TPSA) is 51.2 Å². The van der Waals surface area contributed by atoms with E-state index in [1.807, 2.05) is 0 Å². The second kappa shape index (κ2) is 5.88. The summed E-state index contributed by atoms with van der Waals surface area (Å²) in [5.74, 6) is -0.886. The van der Waals surface area contributed by atoms with Crippen molar-refractivity contribution in [1.82, 2.24) is 4.98 Å². The van der Waals surface area contributed by atoms with E-state index in [9.17, 15) is 9.18 Å². The molecule has 1 amide bonds. The number of pyridine rings is 1. The van der Waals surface area contributed by atoms with Crippen LogP contribution in [0.1, 0.15) is 15.9 Å². The minimum absolute atomic E-state index is 0.0167. The standard InChI is InChI=1S/C14H12ClFN2O2/c1-8-5-10(7-17-13(8)15)18-14(19)9-3-4-11(16)12(6-9)20-2/h3-7H,1-2H3,(H,18,19). The average Bonchev–Trinajstić information content (AvgIpc) is 2.43. The molecule has 2 aromatic rings. The molecule has 104 valence electrons. The van der Waals surface area contributed by atoms with Crippen molar-refractivity contribution in [1.29, 1.82) is 0 Å². The number of halogens is 2. The zero-order valence-electron chi connectivity index (χ0n) is 10.9. The van der Waals surface area contributed by atoms with Gasteiger partial charge in [0.25, 0.3) is 5.91 Å². The van der Waals surface area contributed by atoms with Gasteiger partial charge in [-0.1, -0.05) is 11.6 Å². The summed E-state index contributed by atoms with van der Waals surface area (Å²) in [6, 6.07) is 5.59. The van der Waals surface area contributed by atoms with Crippen molar-refractivity contribution in [3.8, 4) is 5.75 Å². The van der Waals surface area contributed by atoms with Crippen LogP contribution in [0.4, 0.5) is 10.1 Å². The van der Waals surface area contributed by atoms with Crippen LogP contribution in [0.5, 0.6) is 5.75 Å². The molecule has 2 rings (SSSR count). The fourth-order valence-corrected chi connectivity index (χ4v) is 1.73. The van der Waals surface area contributed by atoms with Crippen LogP contribution in [-0.2, 0) is 0 Å². The average molecular weight is 295 g/mol. The van der Waals surface area contributed by atoms with Gasteiger partial charge >= 0.3 is 0 Å². The molecule has 1 aromatic heterocycles. The highest BCUT2D eigenvalue weighted by atomic mass is 35.5. The lowest BCUT2D eigenvalue weighted by molar-refractivity contribution is 0.102. The number of rotatable bonds is 3. The van der Waals surface area contributed by atoms with E-state index in [1.165, 1.54) is 31.5 Å². The number of anilines is 1. The van der Waals surface area contributed by atoms with Gasteiger partial charge in [-0.3, -0.25) is 4.79 Å². The molecule has 0 bridgehead atoms. The van der Waals surface area contributed by atoms with Gasteiger partial charge in [0, 0.05) is 5.56 Å². The zero-order valence-corrected chi connectivity index (χ0v) is 11.7. The number of aromatic nitrogens is 1. The molecule has 0 saturated carbocycles. The summed E-state index contributed by atoms with van der Waals surface area (Å²) in [6.07, 6.45) is 1.45. The Morgan fingerprint density at radius 3 is 2.80 bits per heavy atom. The first-order chi connectivity index (χ1) is 9.51. The number of amides is 1. The Kier molecular flexibility index (Phi) is 4.20. The third-order valence-electron chi connectivity index (χ3n) is 2.69. The van der Waals surface area contributed by atoms with Crippen LogP contribution in [0.15, 0.2) is 30.5 Å². The fraction of sp³-hybridized carbons (Fsp3) is 0.143. The van der Waals surface area contributed by atoms with Crippen molar-refractivity contribution in [2.24, 2.45) is 0 Å². The van der Waals surface area contributed by atoms with E-state index < -0.39 is 5.82 Å². The third kappa shape index (κ3) is 3.05. The summed E-state index contributed by atoms with van der Waals surface area (Å²) in [7, 11) is 1.34. The van der Waals surface area contributed by atoms with E-state index in [0.29, 0.717) is 10.8 Å². The van der Waals surface area contributed by atoms with Crippen molar-refractivity contribution >= 4 is 23.2 Å². The highest BCUT2D eigenvalue weighted by Gasteiger charge is 2.11. The molecule has 1 aromatic carbocycles. The summed E-state index contributed by atoms with van der Waals surface area (Å²) in [4.78, 5) is 16.0. The molecule has 1 heterocycles. The van der Waals surface area contributed by atoms with Crippen molar-refractivity contribution < 1.29 is 13.9 Å². The molecule has 0 unspecified atom stereocenters. The number of methoxy groups -OCH3 is 1. The van der Waals surface area contributed by atoms with Gasteiger partial charge in [-0.15, -0.1) is 0 Å². The smallest absolute Gasteiger partial charge is 0.255 e. The van der Waals surface area contributed by atoms with Crippen LogP contribution < -0.4 is 10.1 Å². The van der Waals surface area contributed by atoms with E-state index >= 15 is 0 Å². The lowest BCUT2D eigenvalue weighted by atomic mass is 10.2. The predicted octanol–water partition coefficient (Wildman–Crippen LogP) is 3.44. The largest absolute Gasteiger partial charge is 0.494 e. The molecule has 0 spiro atoms. The molecule has 0 fully saturated rings. The van der Waals surface area contributed by atoms with Gasteiger partial charge in [0.2, 0.25) is 0 Å². The van der Waals surface area contributed by atoms with E-state index in [4.69, 9.17) is 16.3 Å². The number of aryl methyl sites for hydroxylation is 1. The summed E-state index contributed by atoms with van der Waals surface area (Å²) < 4.78 is 18.1. The minimum Gasteiger partial charge on any atom is -0.494 e. The van der Waals surface area contributed by atoms with Gasteiger partial charge in [0.05, 0.1) is 19.0 Å². The summed E-state index contributed by atoms with van der Waals surface area (Å²) >= 11 is 5.81. The highest BCUT2D eigenvalue weighted by molar-refractivity contribution is 6.30. The minimum atomic E-state index is -0.520. The maximum absolute atomic E-state index is 13.3. The van der Waals surface area contributed by atoms with Gasteiger partial charge in [-0.25, -0.2) is 9.37 Å². The van der Waals surface area contributed by atoms with E-state index in [1.54, 1.807) is 13.0 Å². The molecule has 0 atom stereocenters. The van der Waals surface area contributed by atoms with Gasteiger partial charge in [-0.05, 0) is 36.8 Å². The predicted molar refractivity (Wildman–Crippen MR) is 74.9 cm³/mol. The van der Waals surface area contributed by atoms with Crippen molar-refractivity contribution in [2.75, 3.05) is 12.4 Å². The fourth-order valence-electron chi connectivity index (χ4n) is 1.63. The summed E-state index contributed by atoms with van der Waals surface area (Å²) in [5.41, 5.74) is 1.55. The Morgan fingerprint density at radius 1 is 1.40 bits per heavy atom.